The highest BCUT2D eigenvalue weighted by molar-refractivity contribution is 5.97. The third-order valence-corrected chi connectivity index (χ3v) is 3.75. The van der Waals surface area contributed by atoms with Crippen molar-refractivity contribution < 1.29 is 23.9 Å². The molecule has 0 bridgehead atoms. The fourth-order valence-electron chi connectivity index (χ4n) is 2.45. The molecule has 4 amide bonds. The van der Waals surface area contributed by atoms with Gasteiger partial charge in [-0.1, -0.05) is 26.0 Å². The van der Waals surface area contributed by atoms with Gasteiger partial charge in [-0.3, -0.25) is 14.4 Å². The van der Waals surface area contributed by atoms with Gasteiger partial charge in [0.05, 0.1) is 0 Å². The van der Waals surface area contributed by atoms with Crippen LogP contribution in [0, 0.1) is 5.92 Å². The molecule has 0 heterocycles. The van der Waals surface area contributed by atoms with Crippen LogP contribution in [0.2, 0.25) is 0 Å². The predicted molar refractivity (Wildman–Crippen MR) is 104 cm³/mol. The second-order valence-corrected chi connectivity index (χ2v) is 6.74. The van der Waals surface area contributed by atoms with E-state index in [9.17, 15) is 19.2 Å². The van der Waals surface area contributed by atoms with Crippen molar-refractivity contribution in [1.82, 2.24) is 10.6 Å². The summed E-state index contributed by atoms with van der Waals surface area (Å²) in [6, 6.07) is 5.44. The van der Waals surface area contributed by atoms with Crippen molar-refractivity contribution in [2.24, 2.45) is 11.7 Å². The van der Waals surface area contributed by atoms with E-state index in [1.54, 1.807) is 24.3 Å². The molecule has 9 heteroatoms. The van der Waals surface area contributed by atoms with Gasteiger partial charge in [0, 0.05) is 18.7 Å². The van der Waals surface area contributed by atoms with Gasteiger partial charge in [0.25, 0.3) is 6.47 Å². The van der Waals surface area contributed by atoms with Crippen molar-refractivity contribution in [3.8, 4) is 0 Å². The Balaban J connectivity index is 2.68. The fraction of sp³-hybridized carbons (Fsp3) is 0.474. The Morgan fingerprint density at radius 1 is 1.18 bits per heavy atom. The first kappa shape index (κ1) is 22.9. The molecule has 0 saturated heterocycles. The highest BCUT2D eigenvalue weighted by Crippen LogP contribution is 2.12. The van der Waals surface area contributed by atoms with Crippen LogP contribution in [0.4, 0.5) is 10.5 Å². The first-order chi connectivity index (χ1) is 13.3. The average molecular weight is 392 g/mol. The molecule has 1 unspecified atom stereocenters. The minimum atomic E-state index is -0.737. The minimum absolute atomic E-state index is 0.151. The van der Waals surface area contributed by atoms with Gasteiger partial charge in [-0.25, -0.2) is 4.79 Å². The van der Waals surface area contributed by atoms with Gasteiger partial charge in [0.2, 0.25) is 11.8 Å². The van der Waals surface area contributed by atoms with Gasteiger partial charge < -0.3 is 26.4 Å². The quantitative estimate of drug-likeness (QED) is 0.313. The average Bonchev–Trinajstić information content (AvgIpc) is 2.62. The molecule has 0 saturated carbocycles. The summed E-state index contributed by atoms with van der Waals surface area (Å²) >= 11 is 0. The van der Waals surface area contributed by atoms with Crippen molar-refractivity contribution in [3.05, 3.63) is 29.8 Å². The lowest BCUT2D eigenvalue weighted by Gasteiger charge is -2.19. The van der Waals surface area contributed by atoms with Crippen LogP contribution in [0.1, 0.15) is 38.7 Å². The largest absolute Gasteiger partial charge is 0.463 e. The summed E-state index contributed by atoms with van der Waals surface area (Å²) in [6.07, 6.45) is 1.14. The van der Waals surface area contributed by atoms with Crippen LogP contribution in [-0.4, -0.2) is 36.9 Å². The van der Waals surface area contributed by atoms with Gasteiger partial charge in [-0.2, -0.15) is 0 Å². The van der Waals surface area contributed by atoms with E-state index in [1.165, 1.54) is 0 Å². The number of carbonyl (C=O) groups excluding carboxylic acids is 4. The SMILES string of the molecule is CC(C)CC(=O)NC(CCCNC(N)=O)C(=O)Nc1ccc(COC=O)cc1. The van der Waals surface area contributed by atoms with Crippen LogP contribution in [0.25, 0.3) is 0 Å². The summed E-state index contributed by atoms with van der Waals surface area (Å²) in [4.78, 5) is 45.7. The van der Waals surface area contributed by atoms with E-state index in [4.69, 9.17) is 5.73 Å². The molecule has 1 rings (SSSR count). The summed E-state index contributed by atoms with van der Waals surface area (Å²) < 4.78 is 4.67. The number of benzene rings is 1. The molecular formula is C19H28N4O5. The summed E-state index contributed by atoms with van der Waals surface area (Å²) in [5, 5.41) is 7.96. The molecule has 0 aliphatic carbocycles. The summed E-state index contributed by atoms with van der Waals surface area (Å²) in [5.41, 5.74) is 6.36. The Hall–Kier alpha value is -3.10. The topological polar surface area (TPSA) is 140 Å². The van der Waals surface area contributed by atoms with Crippen LogP contribution < -0.4 is 21.7 Å². The monoisotopic (exact) mass is 392 g/mol. The fourth-order valence-corrected chi connectivity index (χ4v) is 2.45. The lowest BCUT2D eigenvalue weighted by molar-refractivity contribution is -0.129. The lowest BCUT2D eigenvalue weighted by atomic mass is 10.1. The molecule has 0 radical (unpaired) electrons. The molecular weight excluding hydrogens is 364 g/mol. The van der Waals surface area contributed by atoms with E-state index in [-0.39, 0.29) is 24.3 Å². The normalized spacial score (nSPS) is 11.4. The van der Waals surface area contributed by atoms with E-state index in [0.717, 1.165) is 5.56 Å². The number of hydrogen-bond acceptors (Lipinski definition) is 5. The summed E-state index contributed by atoms with van der Waals surface area (Å²) in [6.45, 7) is 4.67. The van der Waals surface area contributed by atoms with Crippen molar-refractivity contribution in [2.75, 3.05) is 11.9 Å². The zero-order valence-electron chi connectivity index (χ0n) is 16.2. The molecule has 28 heavy (non-hydrogen) atoms. The Bertz CT molecular complexity index is 661. The van der Waals surface area contributed by atoms with Crippen LogP contribution in [0.15, 0.2) is 24.3 Å². The molecule has 5 N–H and O–H groups in total. The maximum atomic E-state index is 12.6. The molecule has 0 aromatic heterocycles. The summed E-state index contributed by atoms with van der Waals surface area (Å²) in [7, 11) is 0. The molecule has 0 spiro atoms. The van der Waals surface area contributed by atoms with Gasteiger partial charge in [-0.05, 0) is 36.5 Å². The maximum absolute atomic E-state index is 12.6. The Morgan fingerprint density at radius 2 is 1.86 bits per heavy atom. The number of nitrogens with two attached hydrogens (primary N) is 1. The standard InChI is InChI=1S/C19H28N4O5/c1-13(2)10-17(25)23-16(4-3-9-21-19(20)27)18(26)22-15-7-5-14(6-8-15)11-28-12-24/h5-8,12-13,16H,3-4,9-11H2,1-2H3,(H,22,26)(H,23,25)(H3,20,21,27). The van der Waals surface area contributed by atoms with E-state index in [1.807, 2.05) is 13.8 Å². The molecule has 1 aromatic carbocycles. The lowest BCUT2D eigenvalue weighted by Crippen LogP contribution is -2.44. The maximum Gasteiger partial charge on any atom is 0.312 e. The molecule has 1 aromatic rings. The zero-order valence-corrected chi connectivity index (χ0v) is 16.2. The Morgan fingerprint density at radius 3 is 2.43 bits per heavy atom. The number of anilines is 1. The summed E-state index contributed by atoms with van der Waals surface area (Å²) in [5.74, 6) is -0.395. The zero-order chi connectivity index (χ0) is 20.9. The number of carbonyl (C=O) groups is 4. The third kappa shape index (κ3) is 9.56. The number of nitrogens with one attached hydrogen (secondary N) is 3. The number of amides is 4. The molecule has 0 aliphatic rings. The van der Waals surface area contributed by atoms with E-state index in [0.29, 0.717) is 38.0 Å². The molecule has 0 aliphatic heterocycles. The number of rotatable bonds is 12. The molecule has 9 nitrogen and oxygen atoms in total. The van der Waals surface area contributed by atoms with Crippen molar-refractivity contribution in [3.63, 3.8) is 0 Å². The van der Waals surface area contributed by atoms with Crippen LogP contribution in [0.5, 0.6) is 0 Å². The molecule has 0 fully saturated rings. The Kier molecular flexibility index (Phi) is 10.1. The molecule has 1 atom stereocenters. The van der Waals surface area contributed by atoms with Crippen LogP contribution in [-0.2, 0) is 25.7 Å². The smallest absolute Gasteiger partial charge is 0.312 e. The van der Waals surface area contributed by atoms with Crippen molar-refractivity contribution in [2.45, 2.75) is 45.8 Å². The number of urea groups is 1. The van der Waals surface area contributed by atoms with Crippen molar-refractivity contribution >= 4 is 30.0 Å². The van der Waals surface area contributed by atoms with Gasteiger partial charge in [-0.15, -0.1) is 0 Å². The first-order valence-corrected chi connectivity index (χ1v) is 9.09. The second-order valence-electron chi connectivity index (χ2n) is 6.74. The number of ether oxygens (including phenoxy) is 1. The van der Waals surface area contributed by atoms with E-state index in [2.05, 4.69) is 20.7 Å². The number of primary amides is 1. The predicted octanol–water partition coefficient (Wildman–Crippen LogP) is 1.28. The Labute approximate surface area is 164 Å². The number of hydrogen-bond donors (Lipinski definition) is 4. The van der Waals surface area contributed by atoms with E-state index >= 15 is 0 Å². The van der Waals surface area contributed by atoms with Crippen LogP contribution >= 0.6 is 0 Å². The minimum Gasteiger partial charge on any atom is -0.463 e. The van der Waals surface area contributed by atoms with Crippen molar-refractivity contribution in [1.29, 1.82) is 0 Å². The van der Waals surface area contributed by atoms with E-state index < -0.39 is 12.1 Å². The second kappa shape index (κ2) is 12.3. The highest BCUT2D eigenvalue weighted by Gasteiger charge is 2.21. The third-order valence-electron chi connectivity index (χ3n) is 3.75. The first-order valence-electron chi connectivity index (χ1n) is 9.09. The van der Waals surface area contributed by atoms with Gasteiger partial charge in [0.1, 0.15) is 12.6 Å². The van der Waals surface area contributed by atoms with Gasteiger partial charge >= 0.3 is 6.03 Å². The van der Waals surface area contributed by atoms with Crippen LogP contribution in [0.3, 0.4) is 0 Å². The molecule has 154 valence electrons. The van der Waals surface area contributed by atoms with Gasteiger partial charge in [0.15, 0.2) is 0 Å². The highest BCUT2D eigenvalue weighted by atomic mass is 16.5.